The third-order valence-electron chi connectivity index (χ3n) is 4.72. The molecule has 1 heterocycles. The lowest BCUT2D eigenvalue weighted by Crippen LogP contribution is -2.58. The van der Waals surface area contributed by atoms with E-state index >= 15 is 0 Å². The molecule has 2 atom stereocenters. The molecule has 1 aromatic carbocycles. The second kappa shape index (κ2) is 5.10. The number of hydrogen-bond donors (Lipinski definition) is 1. The molecule has 1 aliphatic carbocycles. The van der Waals surface area contributed by atoms with Gasteiger partial charge < -0.3 is 14.6 Å². The van der Waals surface area contributed by atoms with Crippen LogP contribution >= 0.6 is 0 Å². The summed E-state index contributed by atoms with van der Waals surface area (Å²) in [6.07, 6.45) is 1.72. The van der Waals surface area contributed by atoms with Gasteiger partial charge in [-0.25, -0.2) is 0 Å². The molecular formula is C18H19NO4. The van der Waals surface area contributed by atoms with Gasteiger partial charge in [0.1, 0.15) is 22.7 Å². The average molecular weight is 313 g/mol. The highest BCUT2D eigenvalue weighted by molar-refractivity contribution is 5.92. The molecule has 0 bridgehead atoms. The number of ketones is 1. The maximum absolute atomic E-state index is 11.4. The van der Waals surface area contributed by atoms with Gasteiger partial charge in [-0.2, -0.15) is 5.26 Å². The van der Waals surface area contributed by atoms with Crippen LogP contribution < -0.4 is 4.74 Å². The maximum Gasteiger partial charge on any atom is 0.159 e. The highest BCUT2D eigenvalue weighted by Gasteiger charge is 2.54. The predicted molar refractivity (Wildman–Crippen MR) is 82.6 cm³/mol. The zero-order chi connectivity index (χ0) is 16.8. The summed E-state index contributed by atoms with van der Waals surface area (Å²) in [6.45, 7) is 5.23. The molecule has 1 N–H and O–H groups in total. The van der Waals surface area contributed by atoms with Crippen LogP contribution in [0.25, 0.3) is 0 Å². The Morgan fingerprint density at radius 2 is 2.09 bits per heavy atom. The fourth-order valence-electron chi connectivity index (χ4n) is 2.91. The molecule has 0 fully saturated rings. The van der Waals surface area contributed by atoms with Gasteiger partial charge in [0.15, 0.2) is 11.9 Å². The number of allylic oxidation sites excluding steroid dienone is 2. The largest absolute Gasteiger partial charge is 0.487 e. The number of aliphatic hydroxyl groups is 1. The van der Waals surface area contributed by atoms with Gasteiger partial charge in [-0.15, -0.1) is 0 Å². The van der Waals surface area contributed by atoms with E-state index < -0.39 is 17.3 Å². The minimum atomic E-state index is -1.33. The van der Waals surface area contributed by atoms with Crippen LogP contribution in [0.1, 0.15) is 50.8 Å². The smallest absolute Gasteiger partial charge is 0.159 e. The van der Waals surface area contributed by atoms with Gasteiger partial charge in [0, 0.05) is 24.5 Å². The lowest BCUT2D eigenvalue weighted by atomic mass is 9.77. The Bertz CT molecular complexity index is 740. The van der Waals surface area contributed by atoms with Gasteiger partial charge in [-0.3, -0.25) is 4.79 Å². The average Bonchev–Trinajstić information content (AvgIpc) is 2.89. The van der Waals surface area contributed by atoms with Crippen molar-refractivity contribution in [3.63, 3.8) is 0 Å². The summed E-state index contributed by atoms with van der Waals surface area (Å²) in [7, 11) is 0. The number of carbonyl (C=O) groups is 1. The standard InChI is InChI=1S/C18H19NO4/c1-17(2)18(3,21)16(22-13-6-5-12(20)9-13)14-8-11(10-19)4-7-15(14)23-17/h4,7-9,16,21H,5-6H2,1-3H3/t16-,18+/m1/s1. The van der Waals surface area contributed by atoms with Crippen LogP contribution in [0.3, 0.4) is 0 Å². The van der Waals surface area contributed by atoms with Gasteiger partial charge in [0.25, 0.3) is 0 Å². The lowest BCUT2D eigenvalue weighted by Gasteiger charge is -2.49. The third kappa shape index (κ3) is 2.49. The van der Waals surface area contributed by atoms with Crippen molar-refractivity contribution in [2.24, 2.45) is 0 Å². The maximum atomic E-state index is 11.4. The summed E-state index contributed by atoms with van der Waals surface area (Å²) in [4.78, 5) is 11.4. The Hall–Kier alpha value is -2.32. The van der Waals surface area contributed by atoms with E-state index in [1.807, 2.05) is 0 Å². The van der Waals surface area contributed by atoms with Gasteiger partial charge in [-0.05, 0) is 39.0 Å². The molecule has 1 aromatic rings. The minimum absolute atomic E-state index is 0.0250. The predicted octanol–water partition coefficient (Wildman–Crippen LogP) is 2.78. The molecule has 0 amide bonds. The summed E-state index contributed by atoms with van der Waals surface area (Å²) in [5, 5.41) is 20.2. The number of ether oxygens (including phenoxy) is 2. The first-order valence-corrected chi connectivity index (χ1v) is 7.60. The number of benzene rings is 1. The highest BCUT2D eigenvalue weighted by atomic mass is 16.6. The SMILES string of the molecule is CC1(C)Oc2ccc(C#N)cc2[C@@H](OC2=CC(=O)CC2)[C@]1(C)O. The number of nitrogens with zero attached hydrogens (tertiary/aromatic N) is 1. The zero-order valence-corrected chi connectivity index (χ0v) is 13.4. The number of rotatable bonds is 2. The Labute approximate surface area is 135 Å². The lowest BCUT2D eigenvalue weighted by molar-refractivity contribution is -0.188. The molecule has 0 saturated heterocycles. The van der Waals surface area contributed by atoms with E-state index in [0.29, 0.717) is 35.5 Å². The van der Waals surface area contributed by atoms with E-state index in [0.717, 1.165) is 0 Å². The summed E-state index contributed by atoms with van der Waals surface area (Å²) in [6, 6.07) is 7.14. The Morgan fingerprint density at radius 1 is 1.35 bits per heavy atom. The fourth-order valence-corrected chi connectivity index (χ4v) is 2.91. The third-order valence-corrected chi connectivity index (χ3v) is 4.72. The Balaban J connectivity index is 2.08. The first-order chi connectivity index (χ1) is 10.7. The molecule has 0 radical (unpaired) electrons. The van der Waals surface area contributed by atoms with Crippen molar-refractivity contribution < 1.29 is 19.4 Å². The minimum Gasteiger partial charge on any atom is -0.487 e. The van der Waals surface area contributed by atoms with Crippen molar-refractivity contribution in [1.29, 1.82) is 5.26 Å². The van der Waals surface area contributed by atoms with Crippen LogP contribution in [0.4, 0.5) is 0 Å². The van der Waals surface area contributed by atoms with Crippen molar-refractivity contribution in [1.82, 2.24) is 0 Å². The topological polar surface area (TPSA) is 79.5 Å². The van der Waals surface area contributed by atoms with Crippen LogP contribution in [0, 0.1) is 11.3 Å². The molecule has 120 valence electrons. The summed E-state index contributed by atoms with van der Waals surface area (Å²) in [5.74, 6) is 1.17. The van der Waals surface area contributed by atoms with Crippen LogP contribution in [0.2, 0.25) is 0 Å². The van der Waals surface area contributed by atoms with Gasteiger partial charge >= 0.3 is 0 Å². The molecule has 3 rings (SSSR count). The molecule has 0 aromatic heterocycles. The first kappa shape index (κ1) is 15.6. The molecule has 23 heavy (non-hydrogen) atoms. The molecule has 5 heteroatoms. The normalized spacial score (nSPS) is 28.4. The van der Waals surface area contributed by atoms with Crippen LogP contribution in [0.15, 0.2) is 30.0 Å². The summed E-state index contributed by atoms with van der Waals surface area (Å²) < 4.78 is 11.9. The monoisotopic (exact) mass is 313 g/mol. The van der Waals surface area contributed by atoms with E-state index in [4.69, 9.17) is 14.7 Å². The van der Waals surface area contributed by atoms with Crippen LogP contribution in [-0.2, 0) is 9.53 Å². The van der Waals surface area contributed by atoms with Crippen molar-refractivity contribution >= 4 is 5.78 Å². The molecule has 5 nitrogen and oxygen atoms in total. The summed E-state index contributed by atoms with van der Waals surface area (Å²) in [5.41, 5.74) is -1.13. The van der Waals surface area contributed by atoms with Gasteiger partial charge in [0.2, 0.25) is 0 Å². The molecule has 1 aliphatic heterocycles. The molecule has 2 aliphatic rings. The molecular weight excluding hydrogens is 294 g/mol. The zero-order valence-electron chi connectivity index (χ0n) is 13.4. The van der Waals surface area contributed by atoms with E-state index in [1.54, 1.807) is 39.0 Å². The summed E-state index contributed by atoms with van der Waals surface area (Å²) >= 11 is 0. The van der Waals surface area contributed by atoms with Crippen molar-refractivity contribution in [2.75, 3.05) is 0 Å². The second-order valence-corrected chi connectivity index (χ2v) is 6.70. The number of nitriles is 1. The van der Waals surface area contributed by atoms with Crippen molar-refractivity contribution in [3.8, 4) is 11.8 Å². The quantitative estimate of drug-likeness (QED) is 0.908. The van der Waals surface area contributed by atoms with Crippen LogP contribution in [0.5, 0.6) is 5.75 Å². The van der Waals surface area contributed by atoms with Gasteiger partial charge in [0.05, 0.1) is 11.6 Å². The van der Waals surface area contributed by atoms with Crippen LogP contribution in [-0.4, -0.2) is 22.1 Å². The van der Waals surface area contributed by atoms with Crippen molar-refractivity contribution in [3.05, 3.63) is 41.2 Å². The Morgan fingerprint density at radius 3 is 2.70 bits per heavy atom. The van der Waals surface area contributed by atoms with E-state index in [2.05, 4.69) is 6.07 Å². The molecule has 0 saturated carbocycles. The fraction of sp³-hybridized carbons (Fsp3) is 0.444. The van der Waals surface area contributed by atoms with Gasteiger partial charge in [-0.1, -0.05) is 0 Å². The van der Waals surface area contributed by atoms with E-state index in [9.17, 15) is 9.90 Å². The number of fused-ring (bicyclic) bond motifs is 1. The number of hydrogen-bond acceptors (Lipinski definition) is 5. The molecule has 0 unspecified atom stereocenters. The molecule has 0 spiro atoms. The second-order valence-electron chi connectivity index (χ2n) is 6.70. The first-order valence-electron chi connectivity index (χ1n) is 7.60. The number of carbonyl (C=O) groups excluding carboxylic acids is 1. The van der Waals surface area contributed by atoms with E-state index in [1.165, 1.54) is 6.08 Å². The van der Waals surface area contributed by atoms with E-state index in [-0.39, 0.29) is 5.78 Å². The van der Waals surface area contributed by atoms with Crippen molar-refractivity contribution in [2.45, 2.75) is 50.9 Å². The highest BCUT2D eigenvalue weighted by Crippen LogP contribution is 2.49. The Kier molecular flexibility index (Phi) is 3.46.